The summed E-state index contributed by atoms with van der Waals surface area (Å²) < 4.78 is 0. The van der Waals surface area contributed by atoms with Crippen LogP contribution < -0.4 is 0 Å². The monoisotopic (exact) mass is 245 g/mol. The highest BCUT2D eigenvalue weighted by Crippen LogP contribution is 2.17. The lowest BCUT2D eigenvalue weighted by atomic mass is 10.1. The van der Waals surface area contributed by atoms with E-state index in [2.05, 4.69) is 17.5 Å². The van der Waals surface area contributed by atoms with Crippen molar-refractivity contribution >= 4 is 12.6 Å². The van der Waals surface area contributed by atoms with Crippen molar-refractivity contribution in [2.24, 2.45) is 0 Å². The van der Waals surface area contributed by atoms with Gasteiger partial charge in [-0.3, -0.25) is 4.90 Å². The second-order valence-corrected chi connectivity index (χ2v) is 5.31. The van der Waals surface area contributed by atoms with Crippen LogP contribution in [0.1, 0.15) is 51.4 Å². The summed E-state index contributed by atoms with van der Waals surface area (Å²) in [4.78, 5) is 2.51. The van der Waals surface area contributed by atoms with Gasteiger partial charge in [-0.2, -0.15) is 12.6 Å². The molecule has 1 aliphatic rings. The molecular formula is C13H27NOS. The van der Waals surface area contributed by atoms with E-state index in [4.69, 9.17) is 0 Å². The van der Waals surface area contributed by atoms with Gasteiger partial charge in [0.2, 0.25) is 0 Å². The molecule has 1 atom stereocenters. The van der Waals surface area contributed by atoms with Gasteiger partial charge >= 0.3 is 0 Å². The smallest absolute Gasteiger partial charge is 0.0586 e. The van der Waals surface area contributed by atoms with E-state index in [0.717, 1.165) is 5.75 Å². The molecule has 0 radical (unpaired) electrons. The molecule has 16 heavy (non-hydrogen) atoms. The molecule has 0 bridgehead atoms. The lowest BCUT2D eigenvalue weighted by Gasteiger charge is -2.28. The first-order valence-electron chi connectivity index (χ1n) is 6.84. The molecule has 0 aliphatic carbocycles. The van der Waals surface area contributed by atoms with Gasteiger partial charge in [0.25, 0.3) is 0 Å². The van der Waals surface area contributed by atoms with Crippen LogP contribution in [0.3, 0.4) is 0 Å². The third-order valence-electron chi connectivity index (χ3n) is 3.56. The van der Waals surface area contributed by atoms with Gasteiger partial charge < -0.3 is 5.11 Å². The fraction of sp³-hybridized carbons (Fsp3) is 1.00. The molecule has 1 saturated heterocycles. The van der Waals surface area contributed by atoms with Gasteiger partial charge in [-0.1, -0.05) is 25.7 Å². The highest BCUT2D eigenvalue weighted by atomic mass is 32.1. The predicted octanol–water partition coefficient (Wildman–Crippen LogP) is 2.71. The SMILES string of the molecule is OCC1CCCCCN1CCCCCCS. The number of aliphatic hydroxyl groups is 1. The molecule has 1 rings (SSSR count). The van der Waals surface area contributed by atoms with E-state index in [1.54, 1.807) is 0 Å². The first kappa shape index (κ1) is 14.3. The Morgan fingerprint density at radius 3 is 2.62 bits per heavy atom. The minimum absolute atomic E-state index is 0.344. The maximum atomic E-state index is 9.38. The van der Waals surface area contributed by atoms with E-state index < -0.39 is 0 Å². The zero-order valence-electron chi connectivity index (χ0n) is 10.4. The van der Waals surface area contributed by atoms with E-state index in [1.807, 2.05) is 0 Å². The van der Waals surface area contributed by atoms with Crippen LogP contribution >= 0.6 is 12.6 Å². The van der Waals surface area contributed by atoms with Crippen molar-refractivity contribution in [2.45, 2.75) is 57.4 Å². The van der Waals surface area contributed by atoms with Crippen LogP contribution in [-0.2, 0) is 0 Å². The number of nitrogens with zero attached hydrogens (tertiary/aromatic N) is 1. The number of hydrogen-bond acceptors (Lipinski definition) is 3. The summed E-state index contributed by atoms with van der Waals surface area (Å²) in [5.74, 6) is 1.02. The Hall–Kier alpha value is 0.270. The minimum atomic E-state index is 0.344. The topological polar surface area (TPSA) is 23.5 Å². The largest absolute Gasteiger partial charge is 0.395 e. The Labute approximate surface area is 106 Å². The number of aliphatic hydroxyl groups excluding tert-OH is 1. The van der Waals surface area contributed by atoms with Crippen molar-refractivity contribution in [2.75, 3.05) is 25.4 Å². The normalized spacial score (nSPS) is 23.2. The van der Waals surface area contributed by atoms with Gasteiger partial charge in [0.15, 0.2) is 0 Å². The van der Waals surface area contributed by atoms with Crippen LogP contribution in [0.4, 0.5) is 0 Å². The molecule has 1 fully saturated rings. The van der Waals surface area contributed by atoms with E-state index in [1.165, 1.54) is 64.5 Å². The standard InChI is InChI=1S/C13H27NOS/c15-12-13-8-4-3-6-10-14(13)9-5-1-2-7-11-16/h13,15-16H,1-12H2. The van der Waals surface area contributed by atoms with E-state index >= 15 is 0 Å². The molecule has 1 aliphatic heterocycles. The average molecular weight is 245 g/mol. The Kier molecular flexibility index (Phi) is 8.34. The van der Waals surface area contributed by atoms with Gasteiger partial charge in [-0.05, 0) is 44.5 Å². The molecule has 1 unspecified atom stereocenters. The third-order valence-corrected chi connectivity index (χ3v) is 3.88. The Bertz CT molecular complexity index is 166. The van der Waals surface area contributed by atoms with Crippen molar-refractivity contribution in [3.63, 3.8) is 0 Å². The van der Waals surface area contributed by atoms with Crippen LogP contribution in [-0.4, -0.2) is 41.5 Å². The predicted molar refractivity (Wildman–Crippen MR) is 73.2 cm³/mol. The molecule has 0 saturated carbocycles. The van der Waals surface area contributed by atoms with Gasteiger partial charge in [0.05, 0.1) is 6.61 Å². The maximum absolute atomic E-state index is 9.38. The number of likely N-dealkylation sites (tertiary alicyclic amines) is 1. The Morgan fingerprint density at radius 1 is 1.06 bits per heavy atom. The minimum Gasteiger partial charge on any atom is -0.395 e. The lowest BCUT2D eigenvalue weighted by Crippen LogP contribution is -2.38. The van der Waals surface area contributed by atoms with Gasteiger partial charge in [0.1, 0.15) is 0 Å². The molecular weight excluding hydrogens is 218 g/mol. The van der Waals surface area contributed by atoms with Crippen molar-refractivity contribution in [1.82, 2.24) is 4.90 Å². The van der Waals surface area contributed by atoms with E-state index in [0.29, 0.717) is 12.6 Å². The summed E-state index contributed by atoms with van der Waals surface area (Å²) >= 11 is 4.22. The summed E-state index contributed by atoms with van der Waals surface area (Å²) in [6, 6.07) is 0.437. The molecule has 0 aromatic rings. The molecule has 0 aromatic carbocycles. The first-order valence-corrected chi connectivity index (χ1v) is 7.47. The van der Waals surface area contributed by atoms with Crippen molar-refractivity contribution in [3.05, 3.63) is 0 Å². The number of unbranched alkanes of at least 4 members (excludes halogenated alkanes) is 3. The lowest BCUT2D eigenvalue weighted by molar-refractivity contribution is 0.122. The highest BCUT2D eigenvalue weighted by Gasteiger charge is 2.19. The molecule has 2 nitrogen and oxygen atoms in total. The quantitative estimate of drug-likeness (QED) is 0.532. The summed E-state index contributed by atoms with van der Waals surface area (Å²) in [7, 11) is 0. The number of thiol groups is 1. The molecule has 0 amide bonds. The summed E-state index contributed by atoms with van der Waals surface area (Å²) in [6.07, 6.45) is 10.3. The van der Waals surface area contributed by atoms with Crippen LogP contribution in [0.15, 0.2) is 0 Å². The van der Waals surface area contributed by atoms with Crippen LogP contribution in [0.2, 0.25) is 0 Å². The zero-order chi connectivity index (χ0) is 11.6. The zero-order valence-corrected chi connectivity index (χ0v) is 11.3. The van der Waals surface area contributed by atoms with Crippen molar-refractivity contribution in [3.8, 4) is 0 Å². The number of hydrogen-bond donors (Lipinski definition) is 2. The van der Waals surface area contributed by atoms with E-state index in [9.17, 15) is 5.11 Å². The van der Waals surface area contributed by atoms with Crippen LogP contribution in [0, 0.1) is 0 Å². The van der Waals surface area contributed by atoms with Gasteiger partial charge in [0, 0.05) is 6.04 Å². The number of rotatable bonds is 7. The highest BCUT2D eigenvalue weighted by molar-refractivity contribution is 7.80. The average Bonchev–Trinajstić information content (AvgIpc) is 2.53. The van der Waals surface area contributed by atoms with Crippen LogP contribution in [0.5, 0.6) is 0 Å². The van der Waals surface area contributed by atoms with Crippen molar-refractivity contribution < 1.29 is 5.11 Å². The molecule has 1 N–H and O–H groups in total. The van der Waals surface area contributed by atoms with Crippen LogP contribution in [0.25, 0.3) is 0 Å². The molecule has 3 heteroatoms. The summed E-state index contributed by atoms with van der Waals surface area (Å²) in [5.41, 5.74) is 0. The molecule has 0 spiro atoms. The van der Waals surface area contributed by atoms with Gasteiger partial charge in [-0.15, -0.1) is 0 Å². The fourth-order valence-corrected chi connectivity index (χ4v) is 2.74. The first-order chi connectivity index (χ1) is 7.88. The molecule has 96 valence electrons. The Balaban J connectivity index is 2.15. The van der Waals surface area contributed by atoms with E-state index in [-0.39, 0.29) is 0 Å². The summed E-state index contributed by atoms with van der Waals surface area (Å²) in [5, 5.41) is 9.38. The van der Waals surface area contributed by atoms with Gasteiger partial charge in [-0.25, -0.2) is 0 Å². The second-order valence-electron chi connectivity index (χ2n) is 4.86. The van der Waals surface area contributed by atoms with Crippen molar-refractivity contribution in [1.29, 1.82) is 0 Å². The third kappa shape index (κ3) is 5.55. The fourth-order valence-electron chi connectivity index (χ4n) is 2.52. The Morgan fingerprint density at radius 2 is 1.88 bits per heavy atom. The molecule has 1 heterocycles. The summed E-state index contributed by atoms with van der Waals surface area (Å²) in [6.45, 7) is 2.71. The molecule has 0 aromatic heterocycles. The maximum Gasteiger partial charge on any atom is 0.0586 e. The second kappa shape index (κ2) is 9.32.